The second kappa shape index (κ2) is 7.14. The molecule has 0 N–H and O–H groups in total. The van der Waals surface area contributed by atoms with Crippen molar-refractivity contribution in [2.75, 3.05) is 38.1 Å². The van der Waals surface area contributed by atoms with Gasteiger partial charge in [0.15, 0.2) is 0 Å². The van der Waals surface area contributed by atoms with Crippen LogP contribution in [0.25, 0.3) is 10.8 Å². The predicted molar refractivity (Wildman–Crippen MR) is 108 cm³/mol. The SMILES string of the molecule is CN1CCN(c2ccc3ccn(Cc4ccc(Cl)cc4)c(=O)c3c2)CC1. The topological polar surface area (TPSA) is 28.5 Å². The lowest BCUT2D eigenvalue weighted by molar-refractivity contribution is 0.313. The number of pyridine rings is 1. The van der Waals surface area contributed by atoms with Gasteiger partial charge in [-0.1, -0.05) is 29.8 Å². The minimum atomic E-state index is 0.0495. The number of anilines is 1. The lowest BCUT2D eigenvalue weighted by Crippen LogP contribution is -2.44. The van der Waals surface area contributed by atoms with E-state index in [1.807, 2.05) is 42.6 Å². The molecule has 4 nitrogen and oxygen atoms in total. The number of aromatic nitrogens is 1. The van der Waals surface area contributed by atoms with Gasteiger partial charge in [0.25, 0.3) is 5.56 Å². The minimum absolute atomic E-state index is 0.0495. The Morgan fingerprint density at radius 1 is 0.962 bits per heavy atom. The molecule has 4 rings (SSSR count). The van der Waals surface area contributed by atoms with Crippen LogP contribution in [0.1, 0.15) is 5.56 Å². The average molecular weight is 368 g/mol. The maximum Gasteiger partial charge on any atom is 0.258 e. The van der Waals surface area contributed by atoms with Gasteiger partial charge in [-0.05, 0) is 48.3 Å². The van der Waals surface area contributed by atoms with Crippen LogP contribution in [0.3, 0.4) is 0 Å². The molecule has 2 aromatic carbocycles. The first-order valence-corrected chi connectivity index (χ1v) is 9.29. The van der Waals surface area contributed by atoms with Crippen LogP contribution in [0, 0.1) is 0 Å². The van der Waals surface area contributed by atoms with Gasteiger partial charge >= 0.3 is 0 Å². The molecule has 1 aliphatic rings. The predicted octanol–water partition coefficient (Wildman–Crippen LogP) is 3.46. The van der Waals surface area contributed by atoms with Crippen LogP contribution in [0.2, 0.25) is 5.02 Å². The van der Waals surface area contributed by atoms with Gasteiger partial charge in [0.05, 0.1) is 6.54 Å². The van der Waals surface area contributed by atoms with Gasteiger partial charge in [-0.25, -0.2) is 0 Å². The Morgan fingerprint density at radius 3 is 2.42 bits per heavy atom. The van der Waals surface area contributed by atoms with Crippen LogP contribution in [0.4, 0.5) is 5.69 Å². The molecule has 0 aliphatic carbocycles. The fourth-order valence-corrected chi connectivity index (χ4v) is 3.57. The number of halogens is 1. The summed E-state index contributed by atoms with van der Waals surface area (Å²) in [6.45, 7) is 4.63. The zero-order chi connectivity index (χ0) is 18.1. The molecular formula is C21H22ClN3O. The summed E-state index contributed by atoms with van der Waals surface area (Å²) < 4.78 is 1.76. The molecule has 3 aromatic rings. The van der Waals surface area contributed by atoms with Crippen molar-refractivity contribution in [1.29, 1.82) is 0 Å². The van der Waals surface area contributed by atoms with E-state index in [0.717, 1.165) is 48.2 Å². The third kappa shape index (κ3) is 3.48. The van der Waals surface area contributed by atoms with E-state index in [1.54, 1.807) is 4.57 Å². The quantitative estimate of drug-likeness (QED) is 0.709. The van der Waals surface area contributed by atoms with Crippen LogP contribution < -0.4 is 10.5 Å². The summed E-state index contributed by atoms with van der Waals surface area (Å²) in [5, 5.41) is 2.47. The Morgan fingerprint density at radius 2 is 1.69 bits per heavy atom. The summed E-state index contributed by atoms with van der Waals surface area (Å²) in [7, 11) is 2.15. The average Bonchev–Trinajstić information content (AvgIpc) is 2.66. The molecule has 0 unspecified atom stereocenters. The number of benzene rings is 2. The molecule has 1 aromatic heterocycles. The van der Waals surface area contributed by atoms with Gasteiger partial charge < -0.3 is 14.4 Å². The first-order valence-electron chi connectivity index (χ1n) is 8.91. The third-order valence-electron chi connectivity index (χ3n) is 5.10. The Bertz CT molecular complexity index is 973. The molecular weight excluding hydrogens is 346 g/mol. The zero-order valence-corrected chi connectivity index (χ0v) is 15.6. The van der Waals surface area contributed by atoms with E-state index in [0.29, 0.717) is 11.6 Å². The molecule has 2 heterocycles. The van der Waals surface area contributed by atoms with Crippen molar-refractivity contribution in [2.24, 2.45) is 0 Å². The number of rotatable bonds is 3. The van der Waals surface area contributed by atoms with Crippen molar-refractivity contribution < 1.29 is 0 Å². The van der Waals surface area contributed by atoms with Crippen molar-refractivity contribution in [3.8, 4) is 0 Å². The Balaban J connectivity index is 1.67. The van der Waals surface area contributed by atoms with Crippen LogP contribution in [0.5, 0.6) is 0 Å². The molecule has 1 saturated heterocycles. The maximum absolute atomic E-state index is 13.0. The molecule has 0 radical (unpaired) electrons. The van der Waals surface area contributed by atoms with Crippen molar-refractivity contribution in [2.45, 2.75) is 6.54 Å². The number of fused-ring (bicyclic) bond motifs is 1. The standard InChI is InChI=1S/C21H22ClN3O/c1-23-10-12-24(13-11-23)19-7-4-17-8-9-25(21(26)20(17)14-19)15-16-2-5-18(22)6-3-16/h2-9,14H,10-13,15H2,1H3. The van der Waals surface area contributed by atoms with Gasteiger partial charge in [-0.15, -0.1) is 0 Å². The normalized spacial score (nSPS) is 15.5. The molecule has 0 saturated carbocycles. The fourth-order valence-electron chi connectivity index (χ4n) is 3.44. The Kier molecular flexibility index (Phi) is 4.70. The van der Waals surface area contributed by atoms with E-state index < -0.39 is 0 Å². The molecule has 134 valence electrons. The summed E-state index contributed by atoms with van der Waals surface area (Å²) >= 11 is 5.95. The van der Waals surface area contributed by atoms with Gasteiger partial charge in [0, 0.05) is 48.5 Å². The first-order chi connectivity index (χ1) is 12.6. The second-order valence-electron chi connectivity index (χ2n) is 6.94. The molecule has 1 fully saturated rings. The summed E-state index contributed by atoms with van der Waals surface area (Å²) in [6.07, 6.45) is 1.87. The lowest BCUT2D eigenvalue weighted by atomic mass is 10.1. The van der Waals surface area contributed by atoms with E-state index in [-0.39, 0.29) is 5.56 Å². The largest absolute Gasteiger partial charge is 0.369 e. The molecule has 26 heavy (non-hydrogen) atoms. The number of likely N-dealkylation sites (N-methyl/N-ethyl adjacent to an activating group) is 1. The van der Waals surface area contributed by atoms with Crippen molar-refractivity contribution in [1.82, 2.24) is 9.47 Å². The molecule has 0 amide bonds. The van der Waals surface area contributed by atoms with Crippen molar-refractivity contribution in [3.63, 3.8) is 0 Å². The minimum Gasteiger partial charge on any atom is -0.369 e. The summed E-state index contributed by atoms with van der Waals surface area (Å²) in [5.41, 5.74) is 2.24. The number of piperazine rings is 1. The van der Waals surface area contributed by atoms with Crippen LogP contribution >= 0.6 is 11.6 Å². The van der Waals surface area contributed by atoms with E-state index in [1.165, 1.54) is 0 Å². The number of hydrogen-bond donors (Lipinski definition) is 0. The van der Waals surface area contributed by atoms with Gasteiger partial charge in [0.2, 0.25) is 0 Å². The summed E-state index contributed by atoms with van der Waals surface area (Å²) in [5.74, 6) is 0. The summed E-state index contributed by atoms with van der Waals surface area (Å²) in [4.78, 5) is 17.7. The molecule has 0 bridgehead atoms. The second-order valence-corrected chi connectivity index (χ2v) is 7.37. The molecule has 0 spiro atoms. The smallest absolute Gasteiger partial charge is 0.258 e. The van der Waals surface area contributed by atoms with Crippen LogP contribution in [0.15, 0.2) is 59.5 Å². The van der Waals surface area contributed by atoms with Crippen LogP contribution in [-0.4, -0.2) is 42.7 Å². The summed E-state index contributed by atoms with van der Waals surface area (Å²) in [6, 6.07) is 15.9. The zero-order valence-electron chi connectivity index (χ0n) is 14.9. The van der Waals surface area contributed by atoms with E-state index in [2.05, 4.69) is 29.0 Å². The van der Waals surface area contributed by atoms with Crippen molar-refractivity contribution in [3.05, 3.63) is 75.7 Å². The molecule has 1 aliphatic heterocycles. The highest BCUT2D eigenvalue weighted by Gasteiger charge is 2.15. The van der Waals surface area contributed by atoms with E-state index >= 15 is 0 Å². The highest BCUT2D eigenvalue weighted by Crippen LogP contribution is 2.21. The van der Waals surface area contributed by atoms with Gasteiger partial charge in [0.1, 0.15) is 0 Å². The number of hydrogen-bond acceptors (Lipinski definition) is 3. The van der Waals surface area contributed by atoms with E-state index in [4.69, 9.17) is 11.6 Å². The third-order valence-corrected chi connectivity index (χ3v) is 5.35. The highest BCUT2D eigenvalue weighted by molar-refractivity contribution is 6.30. The lowest BCUT2D eigenvalue weighted by Gasteiger charge is -2.34. The fraction of sp³-hybridized carbons (Fsp3) is 0.286. The van der Waals surface area contributed by atoms with Crippen molar-refractivity contribution >= 4 is 28.1 Å². The number of nitrogens with zero attached hydrogens (tertiary/aromatic N) is 3. The monoisotopic (exact) mass is 367 g/mol. The van der Waals surface area contributed by atoms with E-state index in [9.17, 15) is 4.79 Å². The Labute approximate surface area is 158 Å². The van der Waals surface area contributed by atoms with Gasteiger partial charge in [-0.2, -0.15) is 0 Å². The highest BCUT2D eigenvalue weighted by atomic mass is 35.5. The first kappa shape index (κ1) is 17.1. The molecule has 5 heteroatoms. The van der Waals surface area contributed by atoms with Crippen LogP contribution in [-0.2, 0) is 6.54 Å². The molecule has 0 atom stereocenters. The maximum atomic E-state index is 13.0. The Hall–Kier alpha value is -2.30. The van der Waals surface area contributed by atoms with Gasteiger partial charge in [-0.3, -0.25) is 4.79 Å².